The van der Waals surface area contributed by atoms with Crippen LogP contribution in [-0.4, -0.2) is 13.1 Å². The van der Waals surface area contributed by atoms with Crippen LogP contribution in [-0.2, 0) is 6.42 Å². The van der Waals surface area contributed by atoms with Gasteiger partial charge in [0.2, 0.25) is 0 Å². The van der Waals surface area contributed by atoms with Crippen molar-refractivity contribution in [1.82, 2.24) is 5.32 Å². The number of hydrogen-bond acceptors (Lipinski definition) is 1. The van der Waals surface area contributed by atoms with E-state index < -0.39 is 0 Å². The van der Waals surface area contributed by atoms with Crippen LogP contribution >= 0.6 is 15.9 Å². The molecular formula is C13H17BrFN. The Kier molecular flexibility index (Phi) is 3.98. The maximum Gasteiger partial charge on any atom is 0.126 e. The van der Waals surface area contributed by atoms with Gasteiger partial charge >= 0.3 is 0 Å². The van der Waals surface area contributed by atoms with Gasteiger partial charge in [0.1, 0.15) is 5.82 Å². The fraction of sp³-hybridized carbons (Fsp3) is 0.538. The van der Waals surface area contributed by atoms with E-state index in [0.717, 1.165) is 22.4 Å². The average molecular weight is 286 g/mol. The highest BCUT2D eigenvalue weighted by atomic mass is 79.9. The highest BCUT2D eigenvalue weighted by molar-refractivity contribution is 9.10. The lowest BCUT2D eigenvalue weighted by atomic mass is 9.77. The van der Waals surface area contributed by atoms with Gasteiger partial charge in [0.15, 0.2) is 0 Å². The summed E-state index contributed by atoms with van der Waals surface area (Å²) in [5.74, 6) is 0.631. The van der Waals surface area contributed by atoms with Gasteiger partial charge in [-0.2, -0.15) is 0 Å². The van der Waals surface area contributed by atoms with E-state index in [1.54, 1.807) is 6.07 Å². The van der Waals surface area contributed by atoms with Gasteiger partial charge in [0.05, 0.1) is 0 Å². The standard InChI is InChI=1S/C13H17BrFN/c1-16-13(9-3-2-4-9)8-10-7-11(14)5-6-12(10)15/h5-7,9,13,16H,2-4,8H2,1H3. The van der Waals surface area contributed by atoms with Crippen molar-refractivity contribution >= 4 is 15.9 Å². The Morgan fingerprint density at radius 2 is 2.25 bits per heavy atom. The van der Waals surface area contributed by atoms with E-state index in [0.29, 0.717) is 6.04 Å². The molecule has 1 saturated carbocycles. The molecule has 0 radical (unpaired) electrons. The van der Waals surface area contributed by atoms with E-state index in [1.165, 1.54) is 25.3 Å². The molecule has 0 aliphatic heterocycles. The fourth-order valence-electron chi connectivity index (χ4n) is 2.28. The summed E-state index contributed by atoms with van der Waals surface area (Å²) < 4.78 is 14.6. The molecular weight excluding hydrogens is 269 g/mol. The van der Waals surface area contributed by atoms with Crippen LogP contribution in [0.4, 0.5) is 4.39 Å². The van der Waals surface area contributed by atoms with Crippen LogP contribution in [0.5, 0.6) is 0 Å². The first-order valence-corrected chi connectivity index (χ1v) is 6.61. The molecule has 2 rings (SSSR count). The van der Waals surface area contributed by atoms with E-state index in [2.05, 4.69) is 21.2 Å². The summed E-state index contributed by atoms with van der Waals surface area (Å²) in [7, 11) is 1.97. The van der Waals surface area contributed by atoms with Crippen molar-refractivity contribution in [3.05, 3.63) is 34.1 Å². The van der Waals surface area contributed by atoms with Crippen LogP contribution in [0.1, 0.15) is 24.8 Å². The molecule has 0 saturated heterocycles. The molecule has 1 aromatic rings. The first-order chi connectivity index (χ1) is 7.70. The molecule has 0 spiro atoms. The van der Waals surface area contributed by atoms with Crippen molar-refractivity contribution in [2.24, 2.45) is 5.92 Å². The van der Waals surface area contributed by atoms with Crippen LogP contribution in [0.2, 0.25) is 0 Å². The minimum absolute atomic E-state index is 0.0947. The quantitative estimate of drug-likeness (QED) is 0.893. The Hall–Kier alpha value is -0.410. The molecule has 88 valence electrons. The van der Waals surface area contributed by atoms with E-state index in [4.69, 9.17) is 0 Å². The van der Waals surface area contributed by atoms with Crippen molar-refractivity contribution in [3.8, 4) is 0 Å². The topological polar surface area (TPSA) is 12.0 Å². The van der Waals surface area contributed by atoms with E-state index >= 15 is 0 Å². The molecule has 16 heavy (non-hydrogen) atoms. The smallest absolute Gasteiger partial charge is 0.126 e. The van der Waals surface area contributed by atoms with Gasteiger partial charge < -0.3 is 5.32 Å². The van der Waals surface area contributed by atoms with Gasteiger partial charge in [-0.3, -0.25) is 0 Å². The van der Waals surface area contributed by atoms with Crippen LogP contribution in [0, 0.1) is 11.7 Å². The Morgan fingerprint density at radius 1 is 1.50 bits per heavy atom. The third-order valence-electron chi connectivity index (χ3n) is 3.54. The normalized spacial score (nSPS) is 18.2. The summed E-state index contributed by atoms with van der Waals surface area (Å²) in [5.41, 5.74) is 0.806. The molecule has 0 heterocycles. The molecule has 0 bridgehead atoms. The largest absolute Gasteiger partial charge is 0.316 e. The first-order valence-electron chi connectivity index (χ1n) is 5.82. The highest BCUT2D eigenvalue weighted by Crippen LogP contribution is 2.31. The van der Waals surface area contributed by atoms with Crippen LogP contribution in [0.25, 0.3) is 0 Å². The fourth-order valence-corrected chi connectivity index (χ4v) is 2.69. The van der Waals surface area contributed by atoms with E-state index in [1.807, 2.05) is 13.1 Å². The molecule has 0 aromatic heterocycles. The average Bonchev–Trinajstić information content (AvgIpc) is 2.19. The molecule has 1 N–H and O–H groups in total. The van der Waals surface area contributed by atoms with Crippen molar-refractivity contribution in [1.29, 1.82) is 0 Å². The molecule has 1 aromatic carbocycles. The summed E-state index contributed by atoms with van der Waals surface area (Å²) in [6.07, 6.45) is 4.67. The first kappa shape index (κ1) is 12.1. The van der Waals surface area contributed by atoms with Crippen LogP contribution in [0.15, 0.2) is 22.7 Å². The minimum Gasteiger partial charge on any atom is -0.316 e. The van der Waals surface area contributed by atoms with E-state index in [-0.39, 0.29) is 5.82 Å². The predicted molar refractivity (Wildman–Crippen MR) is 68.0 cm³/mol. The Labute approximate surface area is 105 Å². The van der Waals surface area contributed by atoms with Gasteiger partial charge in [-0.1, -0.05) is 22.4 Å². The number of likely N-dealkylation sites (N-methyl/N-ethyl adjacent to an activating group) is 1. The van der Waals surface area contributed by atoms with Gasteiger partial charge in [0, 0.05) is 10.5 Å². The molecule has 1 aliphatic carbocycles. The van der Waals surface area contributed by atoms with E-state index in [9.17, 15) is 4.39 Å². The maximum atomic E-state index is 13.6. The number of hydrogen-bond donors (Lipinski definition) is 1. The van der Waals surface area contributed by atoms with Crippen molar-refractivity contribution in [3.63, 3.8) is 0 Å². The number of rotatable bonds is 4. The monoisotopic (exact) mass is 285 g/mol. The second-order valence-corrected chi connectivity index (χ2v) is 5.44. The molecule has 0 amide bonds. The minimum atomic E-state index is -0.0947. The zero-order chi connectivity index (χ0) is 11.5. The summed E-state index contributed by atoms with van der Waals surface area (Å²) in [4.78, 5) is 0. The van der Waals surface area contributed by atoms with Gasteiger partial charge in [-0.05, 0) is 56.0 Å². The van der Waals surface area contributed by atoms with Gasteiger partial charge in [0.25, 0.3) is 0 Å². The van der Waals surface area contributed by atoms with Gasteiger partial charge in [-0.15, -0.1) is 0 Å². The second-order valence-electron chi connectivity index (χ2n) is 4.53. The zero-order valence-electron chi connectivity index (χ0n) is 9.47. The number of halogens is 2. The Morgan fingerprint density at radius 3 is 2.81 bits per heavy atom. The van der Waals surface area contributed by atoms with Crippen molar-refractivity contribution in [2.45, 2.75) is 31.7 Å². The molecule has 1 atom stereocenters. The molecule has 3 heteroatoms. The third kappa shape index (κ3) is 2.64. The molecule has 1 nitrogen and oxygen atoms in total. The van der Waals surface area contributed by atoms with Crippen LogP contribution < -0.4 is 5.32 Å². The number of nitrogens with one attached hydrogen (secondary N) is 1. The van der Waals surface area contributed by atoms with Crippen molar-refractivity contribution < 1.29 is 4.39 Å². The maximum absolute atomic E-state index is 13.6. The summed E-state index contributed by atoms with van der Waals surface area (Å²) in [6, 6.07) is 5.58. The summed E-state index contributed by atoms with van der Waals surface area (Å²) >= 11 is 3.39. The lowest BCUT2D eigenvalue weighted by Crippen LogP contribution is -2.39. The SMILES string of the molecule is CNC(Cc1cc(Br)ccc1F)C1CCC1. The van der Waals surface area contributed by atoms with Gasteiger partial charge in [-0.25, -0.2) is 4.39 Å². The Balaban J connectivity index is 2.08. The predicted octanol–water partition coefficient (Wildman–Crippen LogP) is 3.52. The highest BCUT2D eigenvalue weighted by Gasteiger charge is 2.26. The lowest BCUT2D eigenvalue weighted by molar-refractivity contribution is 0.234. The summed E-state index contributed by atoms with van der Waals surface area (Å²) in [5, 5.41) is 3.32. The summed E-state index contributed by atoms with van der Waals surface area (Å²) in [6.45, 7) is 0. The third-order valence-corrected chi connectivity index (χ3v) is 4.03. The lowest BCUT2D eigenvalue weighted by Gasteiger charge is -2.33. The second kappa shape index (κ2) is 5.28. The van der Waals surface area contributed by atoms with Crippen LogP contribution in [0.3, 0.4) is 0 Å². The number of benzene rings is 1. The van der Waals surface area contributed by atoms with Crippen molar-refractivity contribution in [2.75, 3.05) is 7.05 Å². The molecule has 1 aliphatic rings. The Bertz CT molecular complexity index is 363. The zero-order valence-corrected chi connectivity index (χ0v) is 11.1. The molecule has 1 unspecified atom stereocenters. The molecule has 1 fully saturated rings.